The molecule has 1 atom stereocenters. The molecule has 1 aliphatic heterocycles. The molecule has 1 heterocycles. The molecule has 0 aromatic heterocycles. The molecule has 4 nitrogen and oxygen atoms in total. The van der Waals surface area contributed by atoms with Gasteiger partial charge in [0, 0.05) is 25.7 Å². The molecule has 1 saturated heterocycles. The number of benzene rings is 1. The van der Waals surface area contributed by atoms with E-state index in [0.717, 1.165) is 12.1 Å². The summed E-state index contributed by atoms with van der Waals surface area (Å²) < 4.78 is 32.2. The van der Waals surface area contributed by atoms with Crippen LogP contribution in [0.5, 0.6) is 0 Å². The first-order valence-electron chi connectivity index (χ1n) is 6.90. The molecule has 0 aliphatic carbocycles. The summed E-state index contributed by atoms with van der Waals surface area (Å²) in [5, 5.41) is 0. The van der Waals surface area contributed by atoms with E-state index in [1.807, 2.05) is 13.8 Å². The third-order valence-electron chi connectivity index (χ3n) is 3.45. The van der Waals surface area contributed by atoms with Gasteiger partial charge in [0.1, 0.15) is 11.6 Å². The van der Waals surface area contributed by atoms with Crippen LogP contribution in [0.25, 0.3) is 0 Å². The number of morpholine rings is 1. The third kappa shape index (κ3) is 3.98. The number of nitrogens with zero attached hydrogens (tertiary/aromatic N) is 1. The second kappa shape index (κ2) is 6.07. The molecule has 21 heavy (non-hydrogen) atoms. The first-order chi connectivity index (χ1) is 9.80. The number of ether oxygens (including phenoxy) is 1. The van der Waals surface area contributed by atoms with Crippen molar-refractivity contribution < 1.29 is 18.3 Å². The zero-order valence-corrected chi connectivity index (χ0v) is 12.2. The van der Waals surface area contributed by atoms with E-state index >= 15 is 0 Å². The molecule has 116 valence electrons. The summed E-state index contributed by atoms with van der Waals surface area (Å²) in [6.45, 7) is 4.89. The van der Waals surface area contributed by atoms with Gasteiger partial charge in [-0.1, -0.05) is 6.07 Å². The van der Waals surface area contributed by atoms with Gasteiger partial charge in [0.05, 0.1) is 18.1 Å². The summed E-state index contributed by atoms with van der Waals surface area (Å²) in [6.07, 6.45) is -0.324. The van der Waals surface area contributed by atoms with Crippen molar-refractivity contribution >= 4 is 5.91 Å². The van der Waals surface area contributed by atoms with Crippen LogP contribution in [-0.2, 0) is 16.0 Å². The van der Waals surface area contributed by atoms with E-state index in [1.165, 1.54) is 6.07 Å². The Kier molecular flexibility index (Phi) is 4.58. The molecule has 2 rings (SSSR count). The van der Waals surface area contributed by atoms with Crippen LogP contribution in [-0.4, -0.2) is 42.1 Å². The molecule has 1 aromatic carbocycles. The smallest absolute Gasteiger partial charge is 0.227 e. The molecular weight excluding hydrogens is 278 g/mol. The summed E-state index contributed by atoms with van der Waals surface area (Å²) in [5.41, 5.74) is 5.32. The third-order valence-corrected chi connectivity index (χ3v) is 3.45. The summed E-state index contributed by atoms with van der Waals surface area (Å²) in [5.74, 6) is -1.57. The molecular formula is C15H20F2N2O2. The van der Waals surface area contributed by atoms with Crippen LogP contribution in [0.1, 0.15) is 19.4 Å². The number of rotatable bonds is 3. The van der Waals surface area contributed by atoms with Crippen molar-refractivity contribution in [2.24, 2.45) is 5.73 Å². The maximum atomic E-state index is 13.6. The van der Waals surface area contributed by atoms with E-state index < -0.39 is 17.2 Å². The standard InChI is InChI=1S/C15H20F2N2O2/c1-15(2)9-19(8-12(7-18)21-15)14(20)5-10-3-4-11(16)6-13(10)17/h3-4,6,12H,5,7-9,18H2,1-2H3. The lowest BCUT2D eigenvalue weighted by Gasteiger charge is -2.42. The number of nitrogens with two attached hydrogens (primary N) is 1. The van der Waals surface area contributed by atoms with E-state index in [0.29, 0.717) is 19.6 Å². The van der Waals surface area contributed by atoms with Gasteiger partial charge >= 0.3 is 0 Å². The van der Waals surface area contributed by atoms with Crippen molar-refractivity contribution in [1.82, 2.24) is 4.90 Å². The molecule has 0 radical (unpaired) electrons. The van der Waals surface area contributed by atoms with E-state index in [2.05, 4.69) is 0 Å². The SMILES string of the molecule is CC1(C)CN(C(=O)Cc2ccc(F)cc2F)CC(CN)O1. The molecule has 1 aliphatic rings. The number of halogens is 2. The van der Waals surface area contributed by atoms with E-state index in [4.69, 9.17) is 10.5 Å². The number of hydrogen-bond donors (Lipinski definition) is 1. The predicted molar refractivity (Wildman–Crippen MR) is 74.6 cm³/mol. The predicted octanol–water partition coefficient (Wildman–Crippen LogP) is 1.47. The quantitative estimate of drug-likeness (QED) is 0.919. The Labute approximate surface area is 122 Å². The Bertz CT molecular complexity index is 534. The summed E-state index contributed by atoms with van der Waals surface area (Å²) in [7, 11) is 0. The van der Waals surface area contributed by atoms with Crippen LogP contribution in [0, 0.1) is 11.6 Å². The molecule has 0 saturated carbocycles. The van der Waals surface area contributed by atoms with E-state index in [9.17, 15) is 13.6 Å². The average molecular weight is 298 g/mol. The maximum Gasteiger partial charge on any atom is 0.227 e. The highest BCUT2D eigenvalue weighted by Crippen LogP contribution is 2.21. The van der Waals surface area contributed by atoms with Gasteiger partial charge in [-0.05, 0) is 25.5 Å². The summed E-state index contributed by atoms with van der Waals surface area (Å²) >= 11 is 0. The lowest BCUT2D eigenvalue weighted by atomic mass is 10.0. The first-order valence-corrected chi connectivity index (χ1v) is 6.90. The fourth-order valence-corrected chi connectivity index (χ4v) is 2.55. The Morgan fingerprint density at radius 3 is 2.81 bits per heavy atom. The topological polar surface area (TPSA) is 55.6 Å². The first kappa shape index (κ1) is 15.9. The molecule has 6 heteroatoms. The number of amides is 1. The van der Waals surface area contributed by atoms with Crippen LogP contribution in [0.3, 0.4) is 0 Å². The zero-order valence-electron chi connectivity index (χ0n) is 12.2. The van der Waals surface area contributed by atoms with Gasteiger partial charge < -0.3 is 15.4 Å². The van der Waals surface area contributed by atoms with Crippen LogP contribution in [0.4, 0.5) is 8.78 Å². The Balaban J connectivity index is 2.08. The van der Waals surface area contributed by atoms with Crippen molar-refractivity contribution in [2.75, 3.05) is 19.6 Å². The molecule has 1 aromatic rings. The minimum atomic E-state index is -0.703. The minimum absolute atomic E-state index is 0.0977. The number of hydrogen-bond acceptors (Lipinski definition) is 3. The van der Waals surface area contributed by atoms with Crippen molar-refractivity contribution in [3.05, 3.63) is 35.4 Å². The fourth-order valence-electron chi connectivity index (χ4n) is 2.55. The fraction of sp³-hybridized carbons (Fsp3) is 0.533. The van der Waals surface area contributed by atoms with Crippen molar-refractivity contribution in [3.8, 4) is 0 Å². The highest BCUT2D eigenvalue weighted by atomic mass is 19.1. The van der Waals surface area contributed by atoms with Gasteiger partial charge in [-0.2, -0.15) is 0 Å². The maximum absolute atomic E-state index is 13.6. The van der Waals surface area contributed by atoms with Crippen LogP contribution in [0.2, 0.25) is 0 Å². The highest BCUT2D eigenvalue weighted by molar-refractivity contribution is 5.79. The van der Waals surface area contributed by atoms with Gasteiger partial charge in [-0.25, -0.2) is 8.78 Å². The molecule has 0 bridgehead atoms. The van der Waals surface area contributed by atoms with Crippen molar-refractivity contribution in [1.29, 1.82) is 0 Å². The molecule has 2 N–H and O–H groups in total. The van der Waals surface area contributed by atoms with Crippen molar-refractivity contribution in [2.45, 2.75) is 32.0 Å². The van der Waals surface area contributed by atoms with Gasteiger partial charge in [0.2, 0.25) is 5.91 Å². The largest absolute Gasteiger partial charge is 0.367 e. The van der Waals surface area contributed by atoms with Crippen LogP contribution in [0.15, 0.2) is 18.2 Å². The summed E-state index contributed by atoms with van der Waals surface area (Å²) in [4.78, 5) is 14.0. The van der Waals surface area contributed by atoms with Crippen molar-refractivity contribution in [3.63, 3.8) is 0 Å². The summed E-state index contributed by atoms with van der Waals surface area (Å²) in [6, 6.07) is 3.24. The lowest BCUT2D eigenvalue weighted by Crippen LogP contribution is -2.56. The molecule has 1 unspecified atom stereocenters. The normalized spacial score (nSPS) is 21.4. The van der Waals surface area contributed by atoms with Gasteiger partial charge in [-0.15, -0.1) is 0 Å². The monoisotopic (exact) mass is 298 g/mol. The Morgan fingerprint density at radius 2 is 2.19 bits per heavy atom. The second-order valence-corrected chi connectivity index (χ2v) is 5.92. The van der Waals surface area contributed by atoms with E-state index in [1.54, 1.807) is 4.90 Å². The molecule has 1 amide bonds. The average Bonchev–Trinajstić information content (AvgIpc) is 2.40. The van der Waals surface area contributed by atoms with Crippen LogP contribution < -0.4 is 5.73 Å². The number of carbonyl (C=O) groups excluding carboxylic acids is 1. The lowest BCUT2D eigenvalue weighted by molar-refractivity contribution is -0.158. The number of carbonyl (C=O) groups is 1. The van der Waals surface area contributed by atoms with Gasteiger partial charge in [0.15, 0.2) is 0 Å². The second-order valence-electron chi connectivity index (χ2n) is 5.92. The van der Waals surface area contributed by atoms with E-state index in [-0.39, 0.29) is 24.0 Å². The Hall–Kier alpha value is -1.53. The van der Waals surface area contributed by atoms with Gasteiger partial charge in [-0.3, -0.25) is 4.79 Å². The van der Waals surface area contributed by atoms with Crippen LogP contribution >= 0.6 is 0 Å². The highest BCUT2D eigenvalue weighted by Gasteiger charge is 2.35. The Morgan fingerprint density at radius 1 is 1.48 bits per heavy atom. The molecule has 0 spiro atoms. The van der Waals surface area contributed by atoms with Gasteiger partial charge in [0.25, 0.3) is 0 Å². The minimum Gasteiger partial charge on any atom is -0.367 e. The molecule has 1 fully saturated rings. The zero-order chi connectivity index (χ0) is 15.6.